The summed E-state index contributed by atoms with van der Waals surface area (Å²) in [5.41, 5.74) is 0.831. The number of ether oxygens (including phenoxy) is 3. The number of hydrogen-bond donors (Lipinski definition) is 0. The molecule has 21 heavy (non-hydrogen) atoms. The standard InChI is InChI=1S/C16H11NO4/c1-9(18)21-11-2-3-14-13(5-11)12-6-16-15(19-8-20-16)4-10(12)7-17-14/h2-7H,8H2,1H3. The molecule has 2 aromatic carbocycles. The Morgan fingerprint density at radius 2 is 1.95 bits per heavy atom. The Labute approximate surface area is 120 Å². The van der Waals surface area contributed by atoms with E-state index >= 15 is 0 Å². The van der Waals surface area contributed by atoms with Crippen LogP contribution in [0.25, 0.3) is 21.7 Å². The van der Waals surface area contributed by atoms with Crippen LogP contribution in [-0.2, 0) is 4.79 Å². The van der Waals surface area contributed by atoms with Gasteiger partial charge in [0, 0.05) is 23.9 Å². The molecular weight excluding hydrogens is 270 g/mol. The molecule has 0 bridgehead atoms. The Bertz CT molecular complexity index is 888. The fourth-order valence-electron chi connectivity index (χ4n) is 2.51. The van der Waals surface area contributed by atoms with Crippen LogP contribution in [0.4, 0.5) is 0 Å². The Hall–Kier alpha value is -2.82. The van der Waals surface area contributed by atoms with Gasteiger partial charge in [0.1, 0.15) is 5.75 Å². The lowest BCUT2D eigenvalue weighted by molar-refractivity contribution is -0.131. The van der Waals surface area contributed by atoms with E-state index in [0.717, 1.165) is 27.4 Å². The molecule has 0 amide bonds. The number of rotatable bonds is 1. The van der Waals surface area contributed by atoms with Crippen molar-refractivity contribution in [3.63, 3.8) is 0 Å². The van der Waals surface area contributed by atoms with Crippen LogP contribution in [0, 0.1) is 0 Å². The highest BCUT2D eigenvalue weighted by atomic mass is 16.7. The van der Waals surface area contributed by atoms with E-state index in [0.29, 0.717) is 11.5 Å². The fraction of sp³-hybridized carbons (Fsp3) is 0.125. The molecule has 0 fully saturated rings. The minimum atomic E-state index is -0.347. The smallest absolute Gasteiger partial charge is 0.308 e. The molecule has 1 aliphatic heterocycles. The summed E-state index contributed by atoms with van der Waals surface area (Å²) in [5, 5.41) is 2.84. The van der Waals surface area contributed by atoms with Crippen LogP contribution in [0.2, 0.25) is 0 Å². The molecule has 1 aromatic heterocycles. The number of carbonyl (C=O) groups excluding carboxylic acids is 1. The second-order valence-electron chi connectivity index (χ2n) is 4.82. The zero-order valence-corrected chi connectivity index (χ0v) is 11.3. The van der Waals surface area contributed by atoms with Crippen molar-refractivity contribution in [3.8, 4) is 17.2 Å². The van der Waals surface area contributed by atoms with Gasteiger partial charge in [-0.25, -0.2) is 0 Å². The van der Waals surface area contributed by atoms with Crippen molar-refractivity contribution >= 4 is 27.6 Å². The Morgan fingerprint density at radius 3 is 2.76 bits per heavy atom. The van der Waals surface area contributed by atoms with E-state index in [1.807, 2.05) is 24.3 Å². The SMILES string of the molecule is CC(=O)Oc1ccc2ncc3cc4c(cc3c2c1)OCO4. The molecule has 0 saturated heterocycles. The summed E-state index contributed by atoms with van der Waals surface area (Å²) in [6, 6.07) is 9.21. The van der Waals surface area contributed by atoms with Gasteiger partial charge in [-0.15, -0.1) is 0 Å². The number of hydrogen-bond acceptors (Lipinski definition) is 5. The van der Waals surface area contributed by atoms with Gasteiger partial charge in [0.25, 0.3) is 0 Å². The molecule has 0 spiro atoms. The first kappa shape index (κ1) is 12.0. The Morgan fingerprint density at radius 1 is 1.14 bits per heavy atom. The van der Waals surface area contributed by atoms with Crippen molar-refractivity contribution < 1.29 is 19.0 Å². The third kappa shape index (κ3) is 1.94. The quantitative estimate of drug-likeness (QED) is 0.390. The number of benzene rings is 2. The molecule has 5 heteroatoms. The molecule has 5 nitrogen and oxygen atoms in total. The maximum Gasteiger partial charge on any atom is 0.308 e. The molecule has 4 rings (SSSR count). The number of fused-ring (bicyclic) bond motifs is 4. The minimum absolute atomic E-state index is 0.232. The Kier molecular flexibility index (Phi) is 2.47. The first-order valence-corrected chi connectivity index (χ1v) is 6.51. The van der Waals surface area contributed by atoms with Crippen LogP contribution in [0.1, 0.15) is 6.92 Å². The largest absolute Gasteiger partial charge is 0.454 e. The van der Waals surface area contributed by atoms with Crippen molar-refractivity contribution in [2.75, 3.05) is 6.79 Å². The lowest BCUT2D eigenvalue weighted by Gasteiger charge is -2.07. The van der Waals surface area contributed by atoms with E-state index in [1.165, 1.54) is 6.92 Å². The van der Waals surface area contributed by atoms with E-state index in [1.54, 1.807) is 12.3 Å². The zero-order chi connectivity index (χ0) is 14.4. The normalized spacial score (nSPS) is 12.8. The molecule has 0 aliphatic carbocycles. The summed E-state index contributed by atoms with van der Waals surface area (Å²) in [7, 11) is 0. The minimum Gasteiger partial charge on any atom is -0.454 e. The van der Waals surface area contributed by atoms with Crippen molar-refractivity contribution in [2.45, 2.75) is 6.92 Å². The van der Waals surface area contributed by atoms with E-state index < -0.39 is 0 Å². The fourth-order valence-corrected chi connectivity index (χ4v) is 2.51. The van der Waals surface area contributed by atoms with Gasteiger partial charge in [0.05, 0.1) is 5.52 Å². The van der Waals surface area contributed by atoms with E-state index in [4.69, 9.17) is 14.2 Å². The summed E-state index contributed by atoms with van der Waals surface area (Å²) in [4.78, 5) is 15.5. The van der Waals surface area contributed by atoms with Crippen molar-refractivity contribution in [1.82, 2.24) is 4.98 Å². The lowest BCUT2D eigenvalue weighted by atomic mass is 10.1. The molecule has 2 heterocycles. The van der Waals surface area contributed by atoms with Crippen molar-refractivity contribution in [2.24, 2.45) is 0 Å². The van der Waals surface area contributed by atoms with E-state index in [-0.39, 0.29) is 12.8 Å². The van der Waals surface area contributed by atoms with Gasteiger partial charge < -0.3 is 14.2 Å². The average Bonchev–Trinajstić information content (AvgIpc) is 2.91. The average molecular weight is 281 g/mol. The van der Waals surface area contributed by atoms with Gasteiger partial charge in [-0.3, -0.25) is 9.78 Å². The second kappa shape index (κ2) is 4.34. The first-order valence-electron chi connectivity index (χ1n) is 6.51. The van der Waals surface area contributed by atoms with Crippen LogP contribution < -0.4 is 14.2 Å². The highest BCUT2D eigenvalue weighted by molar-refractivity contribution is 6.07. The highest BCUT2D eigenvalue weighted by Gasteiger charge is 2.15. The van der Waals surface area contributed by atoms with E-state index in [9.17, 15) is 4.79 Å². The zero-order valence-electron chi connectivity index (χ0n) is 11.3. The predicted molar refractivity (Wildman–Crippen MR) is 76.7 cm³/mol. The molecule has 104 valence electrons. The predicted octanol–water partition coefficient (Wildman–Crippen LogP) is 3.04. The van der Waals surface area contributed by atoms with Crippen LogP contribution in [-0.4, -0.2) is 17.7 Å². The summed E-state index contributed by atoms with van der Waals surface area (Å²) >= 11 is 0. The van der Waals surface area contributed by atoms with Crippen LogP contribution in [0.15, 0.2) is 36.5 Å². The Balaban J connectivity index is 1.99. The van der Waals surface area contributed by atoms with Gasteiger partial charge in [0.15, 0.2) is 11.5 Å². The molecule has 0 N–H and O–H groups in total. The van der Waals surface area contributed by atoms with Crippen LogP contribution in [0.5, 0.6) is 17.2 Å². The lowest BCUT2D eigenvalue weighted by Crippen LogP contribution is -2.01. The molecular formula is C16H11NO4. The topological polar surface area (TPSA) is 57.7 Å². The second-order valence-corrected chi connectivity index (χ2v) is 4.82. The van der Waals surface area contributed by atoms with Gasteiger partial charge in [-0.2, -0.15) is 0 Å². The third-order valence-corrected chi connectivity index (χ3v) is 3.41. The van der Waals surface area contributed by atoms with Crippen LogP contribution in [0.3, 0.4) is 0 Å². The number of nitrogens with zero attached hydrogens (tertiary/aromatic N) is 1. The molecule has 0 unspecified atom stereocenters. The maximum absolute atomic E-state index is 11.1. The number of carbonyl (C=O) groups is 1. The van der Waals surface area contributed by atoms with Crippen molar-refractivity contribution in [3.05, 3.63) is 36.5 Å². The van der Waals surface area contributed by atoms with Gasteiger partial charge in [0.2, 0.25) is 6.79 Å². The number of esters is 1. The highest BCUT2D eigenvalue weighted by Crippen LogP contribution is 2.38. The monoisotopic (exact) mass is 281 g/mol. The van der Waals surface area contributed by atoms with Gasteiger partial charge in [-0.1, -0.05) is 0 Å². The molecule has 0 atom stereocenters. The third-order valence-electron chi connectivity index (χ3n) is 3.41. The molecule has 0 saturated carbocycles. The summed E-state index contributed by atoms with van der Waals surface area (Å²) in [6.45, 7) is 1.61. The number of aromatic nitrogens is 1. The summed E-state index contributed by atoms with van der Waals surface area (Å²) < 4.78 is 15.9. The van der Waals surface area contributed by atoms with Crippen molar-refractivity contribution in [1.29, 1.82) is 0 Å². The molecule has 0 radical (unpaired) electrons. The van der Waals surface area contributed by atoms with E-state index in [2.05, 4.69) is 4.98 Å². The number of pyridine rings is 1. The summed E-state index contributed by atoms with van der Waals surface area (Å²) in [5.74, 6) is 1.59. The van der Waals surface area contributed by atoms with Gasteiger partial charge in [-0.05, 0) is 35.7 Å². The maximum atomic E-state index is 11.1. The molecule has 1 aliphatic rings. The molecule has 3 aromatic rings. The first-order chi connectivity index (χ1) is 10.2. The van der Waals surface area contributed by atoms with Crippen LogP contribution >= 0.6 is 0 Å². The summed E-state index contributed by atoms with van der Waals surface area (Å²) in [6.07, 6.45) is 1.80. The van der Waals surface area contributed by atoms with Gasteiger partial charge >= 0.3 is 5.97 Å².